The molecular formula is C18H27N3O3. The Morgan fingerprint density at radius 2 is 1.75 bits per heavy atom. The van der Waals surface area contributed by atoms with Gasteiger partial charge in [-0.1, -0.05) is 12.1 Å². The largest absolute Gasteiger partial charge is 0.389 e. The van der Waals surface area contributed by atoms with Gasteiger partial charge in [0.1, 0.15) is 0 Å². The predicted octanol–water partition coefficient (Wildman–Crippen LogP) is 1.65. The molecule has 2 saturated heterocycles. The van der Waals surface area contributed by atoms with Crippen molar-refractivity contribution in [3.8, 4) is 0 Å². The standard InChI is InChI=1S/C18H27N3O3/c1-12-4-6-13(7-5-12)17(22)21-10-14-15(11-21)24-19-16(14)18(23)20-8-2-3-9-20/h12-15H,2-11H2,1H3/t12?,13?,14-,15+/m0/s1. The summed E-state index contributed by atoms with van der Waals surface area (Å²) >= 11 is 0. The number of carbonyl (C=O) groups excluding carboxylic acids is 2. The van der Waals surface area contributed by atoms with Crippen molar-refractivity contribution in [1.29, 1.82) is 0 Å². The van der Waals surface area contributed by atoms with Crippen LogP contribution in [0.15, 0.2) is 5.16 Å². The average molecular weight is 333 g/mol. The minimum Gasteiger partial charge on any atom is -0.389 e. The Labute approximate surface area is 143 Å². The van der Waals surface area contributed by atoms with Crippen molar-refractivity contribution in [2.24, 2.45) is 22.9 Å². The topological polar surface area (TPSA) is 62.2 Å². The van der Waals surface area contributed by atoms with Crippen molar-refractivity contribution < 1.29 is 14.4 Å². The normalized spacial score (nSPS) is 35.6. The molecule has 0 bridgehead atoms. The lowest BCUT2D eigenvalue weighted by Crippen LogP contribution is -2.40. The smallest absolute Gasteiger partial charge is 0.272 e. The molecule has 4 aliphatic rings. The van der Waals surface area contributed by atoms with Gasteiger partial charge < -0.3 is 14.6 Å². The predicted molar refractivity (Wildman–Crippen MR) is 89.3 cm³/mol. The van der Waals surface area contributed by atoms with Gasteiger partial charge in [-0.05, 0) is 44.4 Å². The van der Waals surface area contributed by atoms with Crippen LogP contribution in [0.25, 0.3) is 0 Å². The van der Waals surface area contributed by atoms with Gasteiger partial charge in [-0.25, -0.2) is 0 Å². The Morgan fingerprint density at radius 1 is 1.04 bits per heavy atom. The number of fused-ring (bicyclic) bond motifs is 1. The van der Waals surface area contributed by atoms with Crippen LogP contribution in [0.4, 0.5) is 0 Å². The molecule has 6 heteroatoms. The van der Waals surface area contributed by atoms with Crippen molar-refractivity contribution >= 4 is 17.5 Å². The summed E-state index contributed by atoms with van der Waals surface area (Å²) in [6.45, 7) is 5.07. The van der Waals surface area contributed by atoms with E-state index in [1.807, 2.05) is 9.80 Å². The molecule has 0 spiro atoms. The van der Waals surface area contributed by atoms with Crippen LogP contribution in [0.5, 0.6) is 0 Å². The quantitative estimate of drug-likeness (QED) is 0.772. The van der Waals surface area contributed by atoms with E-state index in [2.05, 4.69) is 12.1 Å². The molecule has 0 radical (unpaired) electrons. The molecule has 0 aromatic heterocycles. The molecule has 2 atom stereocenters. The molecular weight excluding hydrogens is 306 g/mol. The minimum absolute atomic E-state index is 0.0146. The van der Waals surface area contributed by atoms with Gasteiger partial charge in [0.25, 0.3) is 5.91 Å². The number of carbonyl (C=O) groups is 2. The molecule has 24 heavy (non-hydrogen) atoms. The van der Waals surface area contributed by atoms with Crippen molar-refractivity contribution in [1.82, 2.24) is 9.80 Å². The molecule has 0 unspecified atom stereocenters. The van der Waals surface area contributed by atoms with E-state index in [1.54, 1.807) is 0 Å². The van der Waals surface area contributed by atoms with Gasteiger partial charge in [-0.3, -0.25) is 9.59 Å². The van der Waals surface area contributed by atoms with Crippen LogP contribution in [-0.4, -0.2) is 59.6 Å². The molecule has 2 amide bonds. The van der Waals surface area contributed by atoms with Crippen LogP contribution in [-0.2, 0) is 14.4 Å². The first-order valence-corrected chi connectivity index (χ1v) is 9.45. The molecule has 3 fully saturated rings. The van der Waals surface area contributed by atoms with Crippen LogP contribution in [0, 0.1) is 17.8 Å². The molecule has 3 aliphatic heterocycles. The van der Waals surface area contributed by atoms with E-state index in [-0.39, 0.29) is 29.8 Å². The van der Waals surface area contributed by atoms with Gasteiger partial charge in [-0.2, -0.15) is 0 Å². The third kappa shape index (κ3) is 2.80. The van der Waals surface area contributed by atoms with E-state index in [0.717, 1.165) is 57.5 Å². The van der Waals surface area contributed by atoms with Crippen LogP contribution in [0.1, 0.15) is 45.4 Å². The van der Waals surface area contributed by atoms with Gasteiger partial charge in [0, 0.05) is 25.6 Å². The number of amides is 2. The summed E-state index contributed by atoms with van der Waals surface area (Å²) < 4.78 is 0. The first kappa shape index (κ1) is 15.9. The SMILES string of the molecule is CC1CCC(C(=O)N2C[C@@H]3C(C(=O)N4CCCC4)=NO[C@@H]3C2)CC1. The van der Waals surface area contributed by atoms with E-state index in [0.29, 0.717) is 18.8 Å². The highest BCUT2D eigenvalue weighted by atomic mass is 16.6. The molecule has 1 saturated carbocycles. The van der Waals surface area contributed by atoms with E-state index in [9.17, 15) is 9.59 Å². The van der Waals surface area contributed by atoms with Gasteiger partial charge in [0.15, 0.2) is 11.8 Å². The molecule has 4 rings (SSSR count). The van der Waals surface area contributed by atoms with E-state index in [4.69, 9.17) is 4.84 Å². The Kier molecular flexibility index (Phi) is 4.22. The van der Waals surface area contributed by atoms with Crippen molar-refractivity contribution in [3.63, 3.8) is 0 Å². The van der Waals surface area contributed by atoms with Crippen LogP contribution in [0.3, 0.4) is 0 Å². The lowest BCUT2D eigenvalue weighted by atomic mass is 9.82. The molecule has 132 valence electrons. The fourth-order valence-corrected chi connectivity index (χ4v) is 4.56. The Bertz CT molecular complexity index is 548. The Balaban J connectivity index is 1.38. The van der Waals surface area contributed by atoms with Crippen molar-refractivity contribution in [3.05, 3.63) is 0 Å². The molecule has 0 N–H and O–H groups in total. The lowest BCUT2D eigenvalue weighted by molar-refractivity contribution is -0.136. The Morgan fingerprint density at radius 3 is 2.46 bits per heavy atom. The highest BCUT2D eigenvalue weighted by Gasteiger charge is 2.48. The maximum absolute atomic E-state index is 12.8. The summed E-state index contributed by atoms with van der Waals surface area (Å²) in [4.78, 5) is 34.7. The van der Waals surface area contributed by atoms with E-state index in [1.165, 1.54) is 0 Å². The van der Waals surface area contributed by atoms with Crippen molar-refractivity contribution in [2.45, 2.75) is 51.6 Å². The summed E-state index contributed by atoms with van der Waals surface area (Å²) in [5.74, 6) is 1.14. The second-order valence-electron chi connectivity index (χ2n) is 7.93. The highest BCUT2D eigenvalue weighted by Crippen LogP contribution is 2.33. The number of nitrogens with zero attached hydrogens (tertiary/aromatic N) is 3. The zero-order valence-electron chi connectivity index (χ0n) is 14.4. The van der Waals surface area contributed by atoms with Gasteiger partial charge in [0.2, 0.25) is 5.91 Å². The van der Waals surface area contributed by atoms with Crippen LogP contribution >= 0.6 is 0 Å². The number of hydrogen-bond acceptors (Lipinski definition) is 4. The lowest BCUT2D eigenvalue weighted by Gasteiger charge is -2.29. The molecule has 0 aromatic rings. The summed E-state index contributed by atoms with van der Waals surface area (Å²) in [6, 6.07) is 0. The van der Waals surface area contributed by atoms with Gasteiger partial charge in [0.05, 0.1) is 12.5 Å². The van der Waals surface area contributed by atoms with E-state index >= 15 is 0 Å². The maximum Gasteiger partial charge on any atom is 0.272 e. The summed E-state index contributed by atoms with van der Waals surface area (Å²) in [5, 5.41) is 4.07. The fourth-order valence-electron chi connectivity index (χ4n) is 4.56. The fraction of sp³-hybridized carbons (Fsp3) is 0.833. The minimum atomic E-state index is -0.127. The second kappa shape index (κ2) is 6.37. The summed E-state index contributed by atoms with van der Waals surface area (Å²) in [5.41, 5.74) is 0.537. The molecule has 3 heterocycles. The number of hydrogen-bond donors (Lipinski definition) is 0. The highest BCUT2D eigenvalue weighted by molar-refractivity contribution is 6.40. The van der Waals surface area contributed by atoms with Gasteiger partial charge in [-0.15, -0.1) is 0 Å². The van der Waals surface area contributed by atoms with Crippen LogP contribution < -0.4 is 0 Å². The Hall–Kier alpha value is -1.59. The number of likely N-dealkylation sites (tertiary alicyclic amines) is 2. The number of rotatable bonds is 2. The maximum atomic E-state index is 12.8. The summed E-state index contributed by atoms with van der Waals surface area (Å²) in [7, 11) is 0. The zero-order valence-corrected chi connectivity index (χ0v) is 14.4. The molecule has 0 aromatic carbocycles. The summed E-state index contributed by atoms with van der Waals surface area (Å²) in [6.07, 6.45) is 6.30. The van der Waals surface area contributed by atoms with Gasteiger partial charge >= 0.3 is 0 Å². The average Bonchev–Trinajstić information content (AvgIpc) is 3.30. The van der Waals surface area contributed by atoms with E-state index < -0.39 is 0 Å². The monoisotopic (exact) mass is 333 g/mol. The number of oxime groups is 1. The van der Waals surface area contributed by atoms with Crippen LogP contribution in [0.2, 0.25) is 0 Å². The molecule has 6 nitrogen and oxygen atoms in total. The first-order chi connectivity index (χ1) is 11.6. The first-order valence-electron chi connectivity index (χ1n) is 9.45. The van der Waals surface area contributed by atoms with Crippen molar-refractivity contribution in [2.75, 3.05) is 26.2 Å². The molecule has 1 aliphatic carbocycles. The zero-order chi connectivity index (χ0) is 16.7. The third-order valence-corrected chi connectivity index (χ3v) is 6.19. The second-order valence-corrected chi connectivity index (χ2v) is 7.93. The third-order valence-electron chi connectivity index (χ3n) is 6.19.